The Hall–Kier alpha value is -1.33. The van der Waals surface area contributed by atoms with E-state index in [-0.39, 0.29) is 5.78 Å². The smallest absolute Gasteiger partial charge is 0.164 e. The lowest BCUT2D eigenvalue weighted by Crippen LogP contribution is -2.12. The van der Waals surface area contributed by atoms with E-state index in [1.165, 1.54) is 0 Å². The van der Waals surface area contributed by atoms with Crippen LogP contribution in [0.5, 0.6) is 0 Å². The van der Waals surface area contributed by atoms with Crippen molar-refractivity contribution in [2.45, 2.75) is 19.3 Å². The van der Waals surface area contributed by atoms with Gasteiger partial charge >= 0.3 is 0 Å². The molecule has 0 atom stereocenters. The van der Waals surface area contributed by atoms with Crippen LogP contribution in [0.25, 0.3) is 0 Å². The minimum atomic E-state index is 0.0633. The number of carbonyl (C=O) groups is 1. The first-order chi connectivity index (χ1) is 6.74. The third kappa shape index (κ3) is 1.30. The summed E-state index contributed by atoms with van der Waals surface area (Å²) >= 11 is 5.94. The number of nitrogens with zero attached hydrogens (tertiary/aromatic N) is 1. The maximum absolute atomic E-state index is 11.6. The van der Waals surface area contributed by atoms with Crippen LogP contribution < -0.4 is 0 Å². The second-order valence-electron chi connectivity index (χ2n) is 3.34. The molecular formula is C11H8ClNO. The number of carbonyl (C=O) groups excluding carboxylic acids is 1. The molecule has 0 saturated heterocycles. The number of halogens is 1. The minimum absolute atomic E-state index is 0.0633. The van der Waals surface area contributed by atoms with Gasteiger partial charge in [-0.1, -0.05) is 11.6 Å². The van der Waals surface area contributed by atoms with E-state index < -0.39 is 0 Å². The van der Waals surface area contributed by atoms with E-state index in [0.717, 1.165) is 18.4 Å². The molecule has 1 aromatic rings. The van der Waals surface area contributed by atoms with Gasteiger partial charge in [0.1, 0.15) is 0 Å². The van der Waals surface area contributed by atoms with Crippen molar-refractivity contribution in [1.82, 2.24) is 0 Å². The van der Waals surface area contributed by atoms with Crippen LogP contribution >= 0.6 is 11.6 Å². The van der Waals surface area contributed by atoms with Crippen molar-refractivity contribution in [2.75, 3.05) is 0 Å². The molecule has 0 aliphatic heterocycles. The molecule has 3 heteroatoms. The summed E-state index contributed by atoms with van der Waals surface area (Å²) in [6, 6.07) is 5.40. The number of Topliss-reactive ketones (excluding diaryl/α,β-unsaturated/α-hetero) is 1. The zero-order chi connectivity index (χ0) is 10.1. The maximum Gasteiger partial charge on any atom is 0.164 e. The lowest BCUT2D eigenvalue weighted by atomic mass is 9.87. The number of rotatable bonds is 0. The molecule has 14 heavy (non-hydrogen) atoms. The SMILES string of the molecule is N#Cc1ccc(Cl)c2c1CCCC2=O. The topological polar surface area (TPSA) is 40.9 Å². The van der Waals surface area contributed by atoms with Gasteiger partial charge in [0.2, 0.25) is 0 Å². The van der Waals surface area contributed by atoms with Gasteiger partial charge in [-0.15, -0.1) is 0 Å². The van der Waals surface area contributed by atoms with E-state index in [2.05, 4.69) is 6.07 Å². The highest BCUT2D eigenvalue weighted by Gasteiger charge is 2.22. The molecule has 0 radical (unpaired) electrons. The number of hydrogen-bond acceptors (Lipinski definition) is 2. The molecule has 0 saturated carbocycles. The summed E-state index contributed by atoms with van der Waals surface area (Å²) in [5, 5.41) is 9.34. The predicted octanol–water partition coefficient (Wildman–Crippen LogP) is 2.73. The van der Waals surface area contributed by atoms with Crippen LogP contribution in [0.15, 0.2) is 12.1 Å². The molecule has 0 bridgehead atoms. The summed E-state index contributed by atoms with van der Waals surface area (Å²) < 4.78 is 0. The Morgan fingerprint density at radius 2 is 2.14 bits per heavy atom. The molecule has 70 valence electrons. The fraction of sp³-hybridized carbons (Fsp3) is 0.273. The third-order valence-corrected chi connectivity index (χ3v) is 2.81. The Labute approximate surface area is 87.1 Å². The average molecular weight is 206 g/mol. The van der Waals surface area contributed by atoms with E-state index in [0.29, 0.717) is 22.6 Å². The molecule has 0 N–H and O–H groups in total. The van der Waals surface area contributed by atoms with Gasteiger partial charge in [-0.05, 0) is 30.5 Å². The minimum Gasteiger partial charge on any atom is -0.294 e. The molecule has 1 aliphatic rings. The lowest BCUT2D eigenvalue weighted by molar-refractivity contribution is 0.0972. The first kappa shape index (κ1) is 9.23. The quantitative estimate of drug-likeness (QED) is 0.654. The number of ketones is 1. The summed E-state index contributed by atoms with van der Waals surface area (Å²) in [5.41, 5.74) is 1.98. The van der Waals surface area contributed by atoms with Crippen LogP contribution in [0.2, 0.25) is 5.02 Å². The van der Waals surface area contributed by atoms with E-state index in [4.69, 9.17) is 16.9 Å². The summed E-state index contributed by atoms with van der Waals surface area (Å²) in [6.45, 7) is 0. The summed E-state index contributed by atoms with van der Waals surface area (Å²) in [5.74, 6) is 0.0633. The lowest BCUT2D eigenvalue weighted by Gasteiger charge is -2.16. The molecule has 0 amide bonds. The molecule has 2 rings (SSSR count). The van der Waals surface area contributed by atoms with E-state index in [1.807, 2.05) is 0 Å². The van der Waals surface area contributed by atoms with Crippen molar-refractivity contribution < 1.29 is 4.79 Å². The van der Waals surface area contributed by atoms with Gasteiger partial charge in [0.15, 0.2) is 5.78 Å². The number of fused-ring (bicyclic) bond motifs is 1. The Morgan fingerprint density at radius 1 is 1.36 bits per heavy atom. The normalized spacial score (nSPS) is 14.7. The monoisotopic (exact) mass is 205 g/mol. The molecule has 1 aromatic carbocycles. The van der Waals surface area contributed by atoms with Crippen molar-refractivity contribution in [2.24, 2.45) is 0 Å². The third-order valence-electron chi connectivity index (χ3n) is 2.49. The van der Waals surface area contributed by atoms with E-state index in [1.54, 1.807) is 12.1 Å². The molecule has 0 unspecified atom stereocenters. The second kappa shape index (κ2) is 3.43. The van der Waals surface area contributed by atoms with Crippen molar-refractivity contribution in [3.05, 3.63) is 33.8 Å². The zero-order valence-corrected chi connectivity index (χ0v) is 8.27. The fourth-order valence-corrected chi connectivity index (χ4v) is 2.12. The molecular weight excluding hydrogens is 198 g/mol. The van der Waals surface area contributed by atoms with Crippen molar-refractivity contribution in [3.63, 3.8) is 0 Å². The summed E-state index contributed by atoms with van der Waals surface area (Å²) in [6.07, 6.45) is 2.15. The van der Waals surface area contributed by atoms with Crippen molar-refractivity contribution in [1.29, 1.82) is 5.26 Å². The van der Waals surface area contributed by atoms with Crippen molar-refractivity contribution in [3.8, 4) is 6.07 Å². The van der Waals surface area contributed by atoms with Gasteiger partial charge in [0.25, 0.3) is 0 Å². The largest absolute Gasteiger partial charge is 0.294 e. The van der Waals surface area contributed by atoms with Crippen LogP contribution in [0.4, 0.5) is 0 Å². The van der Waals surface area contributed by atoms with E-state index in [9.17, 15) is 4.79 Å². The Balaban J connectivity index is 2.71. The standard InChI is InChI=1S/C11H8ClNO/c12-9-5-4-7(6-13)8-2-1-3-10(14)11(8)9/h4-5H,1-3H2. The molecule has 0 aromatic heterocycles. The first-order valence-corrected chi connectivity index (χ1v) is 4.86. The number of hydrogen-bond donors (Lipinski definition) is 0. The van der Waals surface area contributed by atoms with E-state index >= 15 is 0 Å². The average Bonchev–Trinajstić information content (AvgIpc) is 2.18. The highest BCUT2D eigenvalue weighted by molar-refractivity contribution is 6.34. The van der Waals surface area contributed by atoms with Gasteiger partial charge in [-0.3, -0.25) is 4.79 Å². The Kier molecular flexibility index (Phi) is 2.26. The van der Waals surface area contributed by atoms with Crippen LogP contribution in [-0.4, -0.2) is 5.78 Å². The number of nitriles is 1. The van der Waals surface area contributed by atoms with Crippen LogP contribution in [0.3, 0.4) is 0 Å². The van der Waals surface area contributed by atoms with Crippen molar-refractivity contribution >= 4 is 17.4 Å². The number of benzene rings is 1. The summed E-state index contributed by atoms with van der Waals surface area (Å²) in [4.78, 5) is 11.6. The molecule has 0 spiro atoms. The highest BCUT2D eigenvalue weighted by Crippen LogP contribution is 2.30. The fourth-order valence-electron chi connectivity index (χ4n) is 1.84. The first-order valence-electron chi connectivity index (χ1n) is 4.48. The molecule has 0 fully saturated rings. The Bertz CT molecular complexity index is 445. The molecule has 2 nitrogen and oxygen atoms in total. The van der Waals surface area contributed by atoms with Crippen LogP contribution in [0.1, 0.15) is 34.3 Å². The van der Waals surface area contributed by atoms with Gasteiger partial charge in [0.05, 0.1) is 16.7 Å². The van der Waals surface area contributed by atoms with Gasteiger partial charge < -0.3 is 0 Å². The molecule has 0 heterocycles. The van der Waals surface area contributed by atoms with Gasteiger partial charge in [-0.2, -0.15) is 5.26 Å². The summed E-state index contributed by atoms with van der Waals surface area (Å²) in [7, 11) is 0. The second-order valence-corrected chi connectivity index (χ2v) is 3.74. The predicted molar refractivity (Wildman–Crippen MR) is 53.4 cm³/mol. The molecule has 1 aliphatic carbocycles. The van der Waals surface area contributed by atoms with Crippen LogP contribution in [-0.2, 0) is 6.42 Å². The highest BCUT2D eigenvalue weighted by atomic mass is 35.5. The zero-order valence-electron chi connectivity index (χ0n) is 7.51. The Morgan fingerprint density at radius 3 is 2.86 bits per heavy atom. The van der Waals surface area contributed by atoms with Gasteiger partial charge in [-0.25, -0.2) is 0 Å². The van der Waals surface area contributed by atoms with Gasteiger partial charge in [0, 0.05) is 12.0 Å². The maximum atomic E-state index is 11.6. The van der Waals surface area contributed by atoms with Crippen LogP contribution in [0, 0.1) is 11.3 Å².